The largest absolute Gasteiger partial charge is 0.465 e. The molecule has 0 radical (unpaired) electrons. The number of rotatable bonds is 8. The Morgan fingerprint density at radius 3 is 2.66 bits per heavy atom. The molecule has 0 saturated heterocycles. The van der Waals surface area contributed by atoms with Gasteiger partial charge in [-0.05, 0) is 42.2 Å². The third kappa shape index (κ3) is 3.75. The summed E-state index contributed by atoms with van der Waals surface area (Å²) in [5, 5.41) is 14.2. The number of halogens is 1. The number of benzene rings is 2. The summed E-state index contributed by atoms with van der Waals surface area (Å²) in [7, 11) is 0. The number of aromatic nitrogens is 6. The molecule has 0 unspecified atom stereocenters. The molecule has 0 aliphatic heterocycles. The maximum Gasteiger partial charge on any atom is 0.297 e. The molecule has 0 bridgehead atoms. The van der Waals surface area contributed by atoms with E-state index in [4.69, 9.17) is 10.5 Å². The molecule has 1 fully saturated rings. The zero-order valence-corrected chi connectivity index (χ0v) is 17.8. The van der Waals surface area contributed by atoms with E-state index in [9.17, 15) is 0 Å². The monoisotopic (exact) mass is 433 g/mol. The Morgan fingerprint density at radius 1 is 1.19 bits per heavy atom. The highest BCUT2D eigenvalue weighted by Gasteiger charge is 2.31. The van der Waals surface area contributed by atoms with Crippen LogP contribution in [-0.4, -0.2) is 36.8 Å². The van der Waals surface area contributed by atoms with E-state index in [1.807, 2.05) is 41.8 Å². The zero-order valence-electron chi connectivity index (χ0n) is 17.8. The van der Waals surface area contributed by atoms with Crippen LogP contribution in [0, 0.1) is 5.82 Å². The molecule has 9 heteroatoms. The molecule has 5 rings (SSSR count). The first kappa shape index (κ1) is 20.3. The van der Waals surface area contributed by atoms with E-state index >= 15 is 4.39 Å². The van der Waals surface area contributed by atoms with Gasteiger partial charge in [0.15, 0.2) is 0 Å². The van der Waals surface area contributed by atoms with Crippen molar-refractivity contribution >= 4 is 0 Å². The SMILES string of the molecule is CCOc1nc(C2CC2)c(CN)n1Cc1ccc(-c2ccccc2-c2nn[nH]n2)cc1F. The lowest BCUT2D eigenvalue weighted by Crippen LogP contribution is -2.12. The minimum absolute atomic E-state index is 0.306. The number of tetrazole rings is 1. The molecule has 164 valence electrons. The highest BCUT2D eigenvalue weighted by molar-refractivity contribution is 5.80. The van der Waals surface area contributed by atoms with Crippen LogP contribution in [0.25, 0.3) is 22.5 Å². The molecule has 2 aromatic carbocycles. The molecule has 2 heterocycles. The Balaban J connectivity index is 1.50. The lowest BCUT2D eigenvalue weighted by atomic mass is 9.98. The second-order valence-corrected chi connectivity index (χ2v) is 7.81. The van der Waals surface area contributed by atoms with E-state index in [-0.39, 0.29) is 5.82 Å². The first-order chi connectivity index (χ1) is 15.7. The first-order valence-corrected chi connectivity index (χ1v) is 10.7. The Kier molecular flexibility index (Phi) is 5.40. The fourth-order valence-corrected chi connectivity index (χ4v) is 4.00. The van der Waals surface area contributed by atoms with Gasteiger partial charge < -0.3 is 10.5 Å². The maximum atomic E-state index is 15.3. The van der Waals surface area contributed by atoms with Gasteiger partial charge in [-0.1, -0.05) is 36.4 Å². The summed E-state index contributed by atoms with van der Waals surface area (Å²) in [5.74, 6) is 0.588. The topological polar surface area (TPSA) is 108 Å². The Morgan fingerprint density at radius 2 is 2.00 bits per heavy atom. The van der Waals surface area contributed by atoms with Crippen LogP contribution in [0.1, 0.15) is 42.6 Å². The summed E-state index contributed by atoms with van der Waals surface area (Å²) in [6.07, 6.45) is 2.22. The summed E-state index contributed by atoms with van der Waals surface area (Å²) in [6, 6.07) is 13.3. The van der Waals surface area contributed by atoms with E-state index in [0.717, 1.165) is 40.9 Å². The zero-order chi connectivity index (χ0) is 22.1. The van der Waals surface area contributed by atoms with Crippen molar-refractivity contribution in [2.24, 2.45) is 5.73 Å². The highest BCUT2D eigenvalue weighted by Crippen LogP contribution is 2.42. The number of hydrogen-bond donors (Lipinski definition) is 2. The van der Waals surface area contributed by atoms with Crippen molar-refractivity contribution in [3.63, 3.8) is 0 Å². The average molecular weight is 433 g/mol. The molecule has 0 atom stereocenters. The summed E-state index contributed by atoms with van der Waals surface area (Å²) >= 11 is 0. The van der Waals surface area contributed by atoms with Gasteiger partial charge in [-0.3, -0.25) is 4.57 Å². The summed E-state index contributed by atoms with van der Waals surface area (Å²) < 4.78 is 22.9. The molecule has 1 aliphatic carbocycles. The number of ether oxygens (including phenoxy) is 1. The van der Waals surface area contributed by atoms with E-state index in [1.165, 1.54) is 6.07 Å². The van der Waals surface area contributed by atoms with Crippen LogP contribution in [0.15, 0.2) is 42.5 Å². The Hall–Kier alpha value is -3.59. The van der Waals surface area contributed by atoms with E-state index in [1.54, 1.807) is 6.07 Å². The van der Waals surface area contributed by atoms with Gasteiger partial charge >= 0.3 is 0 Å². The van der Waals surface area contributed by atoms with Gasteiger partial charge in [-0.2, -0.15) is 10.2 Å². The number of nitrogens with two attached hydrogens (primary N) is 1. The van der Waals surface area contributed by atoms with Crippen LogP contribution in [0.2, 0.25) is 0 Å². The Bertz CT molecular complexity index is 1230. The number of H-pyrrole nitrogens is 1. The van der Waals surface area contributed by atoms with Gasteiger partial charge in [0.2, 0.25) is 5.82 Å². The van der Waals surface area contributed by atoms with Gasteiger partial charge in [-0.15, -0.1) is 10.2 Å². The number of imidazole rings is 1. The molecule has 1 aliphatic rings. The standard InChI is InChI=1S/C23H24FN7O/c1-2-32-23-26-21(14-7-8-14)20(12-25)31(23)13-16-10-9-15(11-19(16)24)17-5-3-4-6-18(17)22-27-29-30-28-22/h3-6,9-11,14H,2,7-8,12-13,25H2,1H3,(H,27,28,29,30). The Labute approximate surface area is 184 Å². The van der Waals surface area contributed by atoms with Gasteiger partial charge in [0.1, 0.15) is 5.82 Å². The molecule has 3 N–H and O–H groups in total. The van der Waals surface area contributed by atoms with Gasteiger partial charge in [0.25, 0.3) is 6.01 Å². The maximum absolute atomic E-state index is 15.3. The molecule has 2 aromatic heterocycles. The van der Waals surface area contributed by atoms with Crippen molar-refractivity contribution < 1.29 is 9.13 Å². The lowest BCUT2D eigenvalue weighted by Gasteiger charge is -2.13. The van der Waals surface area contributed by atoms with Crippen LogP contribution < -0.4 is 10.5 Å². The predicted molar refractivity (Wildman–Crippen MR) is 117 cm³/mol. The third-order valence-electron chi connectivity index (χ3n) is 5.71. The minimum atomic E-state index is -0.308. The fourth-order valence-electron chi connectivity index (χ4n) is 4.00. The van der Waals surface area contributed by atoms with Crippen LogP contribution in [0.4, 0.5) is 4.39 Å². The molecular formula is C23H24FN7O. The first-order valence-electron chi connectivity index (χ1n) is 10.7. The molecule has 8 nitrogen and oxygen atoms in total. The smallest absolute Gasteiger partial charge is 0.297 e. The number of aromatic amines is 1. The quantitative estimate of drug-likeness (QED) is 0.439. The number of hydrogen-bond acceptors (Lipinski definition) is 6. The van der Waals surface area contributed by atoms with Crippen LogP contribution >= 0.6 is 0 Å². The second-order valence-electron chi connectivity index (χ2n) is 7.81. The third-order valence-corrected chi connectivity index (χ3v) is 5.71. The average Bonchev–Trinajstić information content (AvgIpc) is 3.39. The number of nitrogens with one attached hydrogen (secondary N) is 1. The van der Waals surface area contributed by atoms with E-state index in [2.05, 4.69) is 25.6 Å². The van der Waals surface area contributed by atoms with Crippen molar-refractivity contribution in [3.05, 3.63) is 65.2 Å². The molecule has 32 heavy (non-hydrogen) atoms. The highest BCUT2D eigenvalue weighted by atomic mass is 19.1. The van der Waals surface area contributed by atoms with Gasteiger partial charge in [0.05, 0.1) is 24.5 Å². The number of nitrogens with zero attached hydrogens (tertiary/aromatic N) is 5. The van der Waals surface area contributed by atoms with Gasteiger partial charge in [0, 0.05) is 23.6 Å². The van der Waals surface area contributed by atoms with E-state index < -0.39 is 0 Å². The summed E-state index contributed by atoms with van der Waals surface area (Å²) in [5.41, 5.74) is 10.8. The van der Waals surface area contributed by atoms with Crippen molar-refractivity contribution in [2.75, 3.05) is 6.61 Å². The minimum Gasteiger partial charge on any atom is -0.465 e. The lowest BCUT2D eigenvalue weighted by molar-refractivity contribution is 0.297. The van der Waals surface area contributed by atoms with Crippen LogP contribution in [0.5, 0.6) is 6.01 Å². The van der Waals surface area contributed by atoms with Gasteiger partial charge in [-0.25, -0.2) is 4.39 Å². The summed E-state index contributed by atoms with van der Waals surface area (Å²) in [6.45, 7) is 3.04. The molecule has 0 amide bonds. The molecule has 1 saturated carbocycles. The normalized spacial score (nSPS) is 13.5. The van der Waals surface area contributed by atoms with Crippen molar-refractivity contribution in [2.45, 2.75) is 38.8 Å². The van der Waals surface area contributed by atoms with Crippen molar-refractivity contribution in [3.8, 4) is 28.5 Å². The summed E-state index contributed by atoms with van der Waals surface area (Å²) in [4.78, 5) is 4.68. The van der Waals surface area contributed by atoms with Crippen molar-refractivity contribution in [1.29, 1.82) is 0 Å². The van der Waals surface area contributed by atoms with E-state index in [0.29, 0.717) is 43.0 Å². The molecular weight excluding hydrogens is 409 g/mol. The van der Waals surface area contributed by atoms with Crippen LogP contribution in [-0.2, 0) is 13.1 Å². The molecule has 0 spiro atoms. The van der Waals surface area contributed by atoms with Crippen molar-refractivity contribution in [1.82, 2.24) is 30.2 Å². The van der Waals surface area contributed by atoms with Crippen LogP contribution in [0.3, 0.4) is 0 Å². The molecule has 4 aromatic rings. The predicted octanol–water partition coefficient (Wildman–Crippen LogP) is 3.65. The second kappa shape index (κ2) is 8.51. The fraction of sp³-hybridized carbons (Fsp3) is 0.304.